The summed E-state index contributed by atoms with van der Waals surface area (Å²) in [6, 6.07) is 4.07. The van der Waals surface area contributed by atoms with Crippen LogP contribution in [0, 0.1) is 0 Å². The second-order valence-corrected chi connectivity index (χ2v) is 13.1. The van der Waals surface area contributed by atoms with Crippen molar-refractivity contribution in [3.63, 3.8) is 0 Å². The molecule has 12 heavy (non-hydrogen) atoms. The summed E-state index contributed by atoms with van der Waals surface area (Å²) in [5.41, 5.74) is 0. The lowest BCUT2D eigenvalue weighted by molar-refractivity contribution is 1.07. The minimum absolute atomic E-state index is 0.695. The second-order valence-electron chi connectivity index (χ2n) is 3.38. The third-order valence-electron chi connectivity index (χ3n) is 2.43. The molecule has 0 radical (unpaired) electrons. The fourth-order valence-electron chi connectivity index (χ4n) is 1.58. The van der Waals surface area contributed by atoms with E-state index in [9.17, 15) is 0 Å². The topological polar surface area (TPSA) is 36.1 Å². The van der Waals surface area contributed by atoms with Crippen LogP contribution in [0.15, 0.2) is 0 Å². The van der Waals surface area contributed by atoms with Crippen molar-refractivity contribution in [2.45, 2.75) is 38.9 Å². The van der Waals surface area contributed by atoms with Gasteiger partial charge >= 0.3 is 0 Å². The predicted octanol–water partition coefficient (Wildman–Crippen LogP) is -0.510. The van der Waals surface area contributed by atoms with Crippen molar-refractivity contribution >= 4 is 27.4 Å². The van der Waals surface area contributed by atoms with Gasteiger partial charge in [-0.25, -0.2) is 0 Å². The van der Waals surface area contributed by atoms with E-state index in [0.717, 1.165) is 0 Å². The van der Waals surface area contributed by atoms with Gasteiger partial charge in [-0.15, -0.1) is 0 Å². The van der Waals surface area contributed by atoms with E-state index in [-0.39, 0.29) is 0 Å². The van der Waals surface area contributed by atoms with Crippen molar-refractivity contribution < 1.29 is 0 Å². The van der Waals surface area contributed by atoms with Crippen LogP contribution >= 0.6 is 0 Å². The van der Waals surface area contributed by atoms with Crippen molar-refractivity contribution in [1.29, 1.82) is 0 Å². The van der Waals surface area contributed by atoms with E-state index in [2.05, 4.69) is 34.7 Å². The zero-order valence-corrected chi connectivity index (χ0v) is 11.8. The van der Waals surface area contributed by atoms with Crippen LogP contribution in [0.2, 0.25) is 18.1 Å². The highest BCUT2D eigenvalue weighted by Gasteiger charge is 2.26. The normalized spacial score (nSPS) is 36.8. The number of hydrogen-bond donors (Lipinski definition) is 3. The summed E-state index contributed by atoms with van der Waals surface area (Å²) >= 11 is 0. The maximum atomic E-state index is 3.81. The molecule has 1 fully saturated rings. The Morgan fingerprint density at radius 3 is 1.08 bits per heavy atom. The molecule has 6 heteroatoms. The standard InChI is InChI=1S/C6H21N3Si3/c1-4-10-7-11(5-2)9-12(6-3)8-10/h7-12H,4-6H2,1-3H3. The Morgan fingerprint density at radius 1 is 0.667 bits per heavy atom. The number of rotatable bonds is 3. The first-order valence-electron chi connectivity index (χ1n) is 5.08. The minimum atomic E-state index is -0.695. The molecule has 1 rings (SSSR count). The highest BCUT2D eigenvalue weighted by atomic mass is 28.4. The van der Waals surface area contributed by atoms with Crippen LogP contribution in [-0.2, 0) is 0 Å². The van der Waals surface area contributed by atoms with Crippen molar-refractivity contribution in [1.82, 2.24) is 13.9 Å². The van der Waals surface area contributed by atoms with Crippen LogP contribution in [0.5, 0.6) is 0 Å². The van der Waals surface area contributed by atoms with E-state index in [1.165, 1.54) is 18.1 Å². The summed E-state index contributed by atoms with van der Waals surface area (Å²) in [6.45, 7) is 6.93. The molecular formula is C6H21N3Si3. The first kappa shape index (κ1) is 10.6. The predicted molar refractivity (Wildman–Crippen MR) is 62.3 cm³/mol. The average Bonchev–Trinajstić information content (AvgIpc) is 2.16. The highest BCUT2D eigenvalue weighted by Crippen LogP contribution is 1.97. The van der Waals surface area contributed by atoms with Crippen molar-refractivity contribution in [3.05, 3.63) is 0 Å². The highest BCUT2D eigenvalue weighted by molar-refractivity contribution is 6.87. The molecule has 0 amide bonds. The second kappa shape index (κ2) is 5.30. The van der Waals surface area contributed by atoms with E-state index >= 15 is 0 Å². The van der Waals surface area contributed by atoms with Gasteiger partial charge in [0.1, 0.15) is 0 Å². The van der Waals surface area contributed by atoms with E-state index in [4.69, 9.17) is 0 Å². The molecule has 3 nitrogen and oxygen atoms in total. The Labute approximate surface area is 80.6 Å². The summed E-state index contributed by atoms with van der Waals surface area (Å²) in [5.74, 6) is 0. The maximum absolute atomic E-state index is 3.81. The third-order valence-corrected chi connectivity index (χ3v) is 14.5. The van der Waals surface area contributed by atoms with Gasteiger partial charge in [0.05, 0.1) is 0 Å². The van der Waals surface area contributed by atoms with Gasteiger partial charge in [-0.3, -0.25) is 0 Å². The molecule has 0 saturated carbocycles. The van der Waals surface area contributed by atoms with Crippen LogP contribution in [-0.4, -0.2) is 27.4 Å². The Morgan fingerprint density at radius 2 is 0.917 bits per heavy atom. The average molecular weight is 220 g/mol. The SMILES string of the molecule is CC[SiH]1N[SiH](CC)N[SiH](CC)N1. The smallest absolute Gasteiger partial charge is 0.172 e. The number of hydrogen-bond acceptors (Lipinski definition) is 3. The zero-order chi connectivity index (χ0) is 8.97. The largest absolute Gasteiger partial charge is 0.341 e. The van der Waals surface area contributed by atoms with Crippen LogP contribution in [0.1, 0.15) is 20.8 Å². The summed E-state index contributed by atoms with van der Waals surface area (Å²) in [4.78, 5) is 0. The summed E-state index contributed by atoms with van der Waals surface area (Å²) in [6.07, 6.45) is 0. The molecule has 0 aromatic heterocycles. The van der Waals surface area contributed by atoms with E-state index in [1.54, 1.807) is 0 Å². The fourth-order valence-corrected chi connectivity index (χ4v) is 16.8. The van der Waals surface area contributed by atoms with Gasteiger partial charge in [-0.05, 0) is 18.1 Å². The molecule has 0 aromatic carbocycles. The zero-order valence-electron chi connectivity index (χ0n) is 8.35. The van der Waals surface area contributed by atoms with Gasteiger partial charge < -0.3 is 13.9 Å². The molecule has 0 unspecified atom stereocenters. The molecule has 1 aliphatic heterocycles. The molecule has 72 valence electrons. The first-order chi connectivity index (χ1) is 5.80. The molecule has 0 atom stereocenters. The lowest BCUT2D eigenvalue weighted by atomic mass is 11.0. The Kier molecular flexibility index (Phi) is 4.69. The Hall–Kier alpha value is 0.531. The van der Waals surface area contributed by atoms with Gasteiger partial charge in [-0.2, -0.15) is 0 Å². The lowest BCUT2D eigenvalue weighted by Crippen LogP contribution is -2.74. The van der Waals surface area contributed by atoms with E-state index in [0.29, 0.717) is 0 Å². The maximum Gasteiger partial charge on any atom is 0.172 e. The molecular weight excluding hydrogens is 198 g/mol. The van der Waals surface area contributed by atoms with Crippen molar-refractivity contribution in [3.8, 4) is 0 Å². The van der Waals surface area contributed by atoms with E-state index < -0.39 is 27.4 Å². The van der Waals surface area contributed by atoms with Gasteiger partial charge in [-0.1, -0.05) is 20.8 Å². The molecule has 1 aliphatic rings. The molecule has 0 bridgehead atoms. The van der Waals surface area contributed by atoms with Gasteiger partial charge in [0.2, 0.25) is 0 Å². The number of nitrogens with one attached hydrogen (secondary N) is 3. The van der Waals surface area contributed by atoms with Gasteiger partial charge in [0, 0.05) is 0 Å². The minimum Gasteiger partial charge on any atom is -0.341 e. The Balaban J connectivity index is 2.41. The monoisotopic (exact) mass is 219 g/mol. The quantitative estimate of drug-likeness (QED) is 0.560. The van der Waals surface area contributed by atoms with Crippen LogP contribution in [0.4, 0.5) is 0 Å². The van der Waals surface area contributed by atoms with Gasteiger partial charge in [0.25, 0.3) is 0 Å². The van der Waals surface area contributed by atoms with Crippen LogP contribution in [0.25, 0.3) is 0 Å². The van der Waals surface area contributed by atoms with Gasteiger partial charge in [0.15, 0.2) is 27.4 Å². The fraction of sp³-hybridized carbons (Fsp3) is 1.00. The molecule has 0 aliphatic carbocycles. The third kappa shape index (κ3) is 2.79. The van der Waals surface area contributed by atoms with Crippen molar-refractivity contribution in [2.24, 2.45) is 0 Å². The summed E-state index contributed by atoms with van der Waals surface area (Å²) in [5, 5.41) is 0. The van der Waals surface area contributed by atoms with Crippen LogP contribution < -0.4 is 13.9 Å². The summed E-state index contributed by atoms with van der Waals surface area (Å²) in [7, 11) is -2.09. The first-order valence-corrected chi connectivity index (χ1v) is 11.0. The summed E-state index contributed by atoms with van der Waals surface area (Å²) < 4.78 is 11.4. The molecule has 1 heterocycles. The van der Waals surface area contributed by atoms with Crippen LogP contribution in [0.3, 0.4) is 0 Å². The van der Waals surface area contributed by atoms with Crippen molar-refractivity contribution in [2.75, 3.05) is 0 Å². The Bertz CT molecular complexity index is 105. The lowest BCUT2D eigenvalue weighted by Gasteiger charge is -2.35. The van der Waals surface area contributed by atoms with E-state index in [1.807, 2.05) is 0 Å². The molecule has 1 saturated heterocycles. The molecule has 0 spiro atoms. The molecule has 0 aromatic rings. The molecule has 3 N–H and O–H groups in total.